The van der Waals surface area contributed by atoms with E-state index in [1.807, 2.05) is 18.5 Å². The van der Waals surface area contributed by atoms with Crippen molar-refractivity contribution in [3.8, 4) is 11.3 Å². The van der Waals surface area contributed by atoms with E-state index in [2.05, 4.69) is 25.1 Å². The van der Waals surface area contributed by atoms with Crippen molar-refractivity contribution >= 4 is 11.0 Å². The summed E-state index contributed by atoms with van der Waals surface area (Å²) < 4.78 is 0. The van der Waals surface area contributed by atoms with E-state index in [-0.39, 0.29) is 0 Å². The van der Waals surface area contributed by atoms with Crippen LogP contribution >= 0.6 is 0 Å². The first kappa shape index (κ1) is 10.7. The second kappa shape index (κ2) is 4.19. The molecule has 0 aromatic carbocycles. The van der Waals surface area contributed by atoms with Gasteiger partial charge in [-0.2, -0.15) is 5.10 Å². The van der Waals surface area contributed by atoms with Crippen LogP contribution in [0, 0.1) is 0 Å². The Hall–Kier alpha value is -2.17. The number of hydrogen-bond donors (Lipinski definition) is 2. The minimum absolute atomic E-state index is 0.599. The predicted octanol–water partition coefficient (Wildman–Crippen LogP) is 3.01. The Kier molecular flexibility index (Phi) is 2.36. The zero-order chi connectivity index (χ0) is 12.7. The van der Waals surface area contributed by atoms with Gasteiger partial charge in [-0.05, 0) is 18.9 Å². The van der Waals surface area contributed by atoms with Gasteiger partial charge in [-0.15, -0.1) is 0 Å². The lowest BCUT2D eigenvalue weighted by molar-refractivity contribution is 0.694. The van der Waals surface area contributed by atoms with Gasteiger partial charge in [0.25, 0.3) is 0 Å². The van der Waals surface area contributed by atoms with Crippen molar-refractivity contribution in [2.24, 2.45) is 0 Å². The summed E-state index contributed by atoms with van der Waals surface area (Å²) >= 11 is 0. The number of aromatic amines is 2. The molecule has 0 spiro atoms. The molecule has 0 saturated heterocycles. The van der Waals surface area contributed by atoms with Crippen LogP contribution in [0.1, 0.15) is 37.3 Å². The van der Waals surface area contributed by atoms with E-state index in [1.54, 1.807) is 6.33 Å². The van der Waals surface area contributed by atoms with Crippen molar-refractivity contribution in [3.63, 3.8) is 0 Å². The number of nitrogens with zero attached hydrogens (tertiary/aromatic N) is 3. The number of nitrogens with one attached hydrogen (secondary N) is 2. The second-order valence-electron chi connectivity index (χ2n) is 5.14. The molecular formula is C14H15N5. The SMILES string of the molecule is c1nc(-c2cn[nH]c2C2CCCC2)c2cc[nH]c2n1. The summed E-state index contributed by atoms with van der Waals surface area (Å²) in [5.41, 5.74) is 4.21. The lowest BCUT2D eigenvalue weighted by Gasteiger charge is -2.09. The van der Waals surface area contributed by atoms with Crippen LogP contribution in [-0.4, -0.2) is 25.1 Å². The average molecular weight is 253 g/mol. The molecule has 1 aliphatic carbocycles. The molecule has 3 aromatic heterocycles. The van der Waals surface area contributed by atoms with Crippen LogP contribution in [0.25, 0.3) is 22.3 Å². The molecule has 96 valence electrons. The van der Waals surface area contributed by atoms with Crippen LogP contribution in [-0.2, 0) is 0 Å². The largest absolute Gasteiger partial charge is 0.346 e. The predicted molar refractivity (Wildman–Crippen MR) is 72.7 cm³/mol. The number of H-pyrrole nitrogens is 2. The maximum Gasteiger partial charge on any atom is 0.141 e. The molecule has 0 unspecified atom stereocenters. The highest BCUT2D eigenvalue weighted by Gasteiger charge is 2.23. The highest BCUT2D eigenvalue weighted by atomic mass is 15.1. The van der Waals surface area contributed by atoms with Gasteiger partial charge in [0, 0.05) is 28.8 Å². The van der Waals surface area contributed by atoms with Crippen LogP contribution in [0.2, 0.25) is 0 Å². The quantitative estimate of drug-likeness (QED) is 0.737. The van der Waals surface area contributed by atoms with E-state index in [0.717, 1.165) is 22.3 Å². The van der Waals surface area contributed by atoms with Crippen LogP contribution in [0.3, 0.4) is 0 Å². The molecule has 1 saturated carbocycles. The normalized spacial score (nSPS) is 16.4. The van der Waals surface area contributed by atoms with E-state index in [9.17, 15) is 0 Å². The van der Waals surface area contributed by atoms with E-state index < -0.39 is 0 Å². The fourth-order valence-corrected chi connectivity index (χ4v) is 3.10. The molecule has 5 heteroatoms. The molecular weight excluding hydrogens is 238 g/mol. The van der Waals surface area contributed by atoms with Crippen molar-refractivity contribution < 1.29 is 0 Å². The van der Waals surface area contributed by atoms with Crippen LogP contribution in [0.15, 0.2) is 24.8 Å². The molecule has 0 radical (unpaired) electrons. The summed E-state index contributed by atoms with van der Waals surface area (Å²) in [6.45, 7) is 0. The first-order valence-electron chi connectivity index (χ1n) is 6.75. The van der Waals surface area contributed by atoms with Gasteiger partial charge in [0.2, 0.25) is 0 Å². The topological polar surface area (TPSA) is 70.2 Å². The summed E-state index contributed by atoms with van der Waals surface area (Å²) in [7, 11) is 0. The first-order chi connectivity index (χ1) is 9.43. The maximum absolute atomic E-state index is 4.46. The Morgan fingerprint density at radius 3 is 2.95 bits per heavy atom. The molecule has 3 heterocycles. The molecule has 2 N–H and O–H groups in total. The molecule has 3 aromatic rings. The lowest BCUT2D eigenvalue weighted by Crippen LogP contribution is -1.97. The fourth-order valence-electron chi connectivity index (χ4n) is 3.10. The Labute approximate surface area is 110 Å². The summed E-state index contributed by atoms with van der Waals surface area (Å²) in [6, 6.07) is 2.02. The van der Waals surface area contributed by atoms with E-state index in [0.29, 0.717) is 5.92 Å². The lowest BCUT2D eigenvalue weighted by atomic mass is 9.98. The standard InChI is InChI=1S/C14H15N5/c1-2-4-9(3-1)12-11(7-18-19-12)13-10-5-6-15-14(10)17-8-16-13/h5-9H,1-4H2,(H,18,19)(H,15,16,17). The Bertz CT molecular complexity index is 705. The summed E-state index contributed by atoms with van der Waals surface area (Å²) in [5.74, 6) is 0.599. The molecule has 19 heavy (non-hydrogen) atoms. The molecule has 1 aliphatic rings. The Balaban J connectivity index is 1.88. The number of fused-ring (bicyclic) bond motifs is 1. The van der Waals surface area contributed by atoms with Gasteiger partial charge in [-0.3, -0.25) is 5.10 Å². The minimum Gasteiger partial charge on any atom is -0.346 e. The van der Waals surface area contributed by atoms with Crippen molar-refractivity contribution in [1.82, 2.24) is 25.1 Å². The van der Waals surface area contributed by atoms with Crippen molar-refractivity contribution in [3.05, 3.63) is 30.5 Å². The summed E-state index contributed by atoms with van der Waals surface area (Å²) in [5, 5.41) is 8.48. The van der Waals surface area contributed by atoms with E-state index in [1.165, 1.54) is 31.4 Å². The van der Waals surface area contributed by atoms with Crippen molar-refractivity contribution in [2.45, 2.75) is 31.6 Å². The molecule has 0 aliphatic heterocycles. The number of hydrogen-bond acceptors (Lipinski definition) is 3. The molecule has 1 fully saturated rings. The molecule has 4 rings (SSSR count). The highest BCUT2D eigenvalue weighted by Crippen LogP contribution is 2.38. The minimum atomic E-state index is 0.599. The monoisotopic (exact) mass is 253 g/mol. The smallest absolute Gasteiger partial charge is 0.141 e. The second-order valence-corrected chi connectivity index (χ2v) is 5.14. The van der Waals surface area contributed by atoms with Gasteiger partial charge >= 0.3 is 0 Å². The third kappa shape index (κ3) is 1.65. The third-order valence-electron chi connectivity index (χ3n) is 4.04. The van der Waals surface area contributed by atoms with Gasteiger partial charge in [0.1, 0.15) is 12.0 Å². The average Bonchev–Trinajstić information content (AvgIpc) is 3.18. The van der Waals surface area contributed by atoms with Gasteiger partial charge in [0.05, 0.1) is 11.9 Å². The summed E-state index contributed by atoms with van der Waals surface area (Å²) in [6.07, 6.45) is 10.5. The van der Waals surface area contributed by atoms with Crippen LogP contribution < -0.4 is 0 Å². The van der Waals surface area contributed by atoms with Crippen LogP contribution in [0.5, 0.6) is 0 Å². The van der Waals surface area contributed by atoms with Crippen LogP contribution in [0.4, 0.5) is 0 Å². The van der Waals surface area contributed by atoms with Gasteiger partial charge in [-0.25, -0.2) is 9.97 Å². The molecule has 0 bridgehead atoms. The van der Waals surface area contributed by atoms with E-state index in [4.69, 9.17) is 0 Å². The van der Waals surface area contributed by atoms with Crippen molar-refractivity contribution in [2.75, 3.05) is 0 Å². The molecule has 0 atom stereocenters. The number of rotatable bonds is 2. The molecule has 0 amide bonds. The Morgan fingerprint density at radius 1 is 1.16 bits per heavy atom. The fraction of sp³-hybridized carbons (Fsp3) is 0.357. The van der Waals surface area contributed by atoms with Crippen molar-refractivity contribution in [1.29, 1.82) is 0 Å². The summed E-state index contributed by atoms with van der Waals surface area (Å²) in [4.78, 5) is 11.8. The zero-order valence-electron chi connectivity index (χ0n) is 10.6. The molecule has 5 nitrogen and oxygen atoms in total. The highest BCUT2D eigenvalue weighted by molar-refractivity contribution is 5.90. The van der Waals surface area contributed by atoms with E-state index >= 15 is 0 Å². The van der Waals surface area contributed by atoms with Gasteiger partial charge in [0.15, 0.2) is 0 Å². The van der Waals surface area contributed by atoms with Gasteiger partial charge < -0.3 is 4.98 Å². The maximum atomic E-state index is 4.46. The number of aromatic nitrogens is 5. The third-order valence-corrected chi connectivity index (χ3v) is 4.04. The first-order valence-corrected chi connectivity index (χ1v) is 6.75. The van der Waals surface area contributed by atoms with Gasteiger partial charge in [-0.1, -0.05) is 12.8 Å². The zero-order valence-corrected chi connectivity index (χ0v) is 10.6. The Morgan fingerprint density at radius 2 is 2.05 bits per heavy atom.